The molecule has 0 aliphatic carbocycles. The summed E-state index contributed by atoms with van der Waals surface area (Å²) in [6, 6.07) is 6.73. The van der Waals surface area contributed by atoms with Crippen LogP contribution in [0, 0.1) is 0 Å². The van der Waals surface area contributed by atoms with Crippen LogP contribution < -0.4 is 5.56 Å². The highest BCUT2D eigenvalue weighted by Crippen LogP contribution is 2.17. The number of aromatic nitrogens is 2. The number of H-pyrrole nitrogens is 1. The lowest BCUT2D eigenvalue weighted by molar-refractivity contribution is 0.0690. The first-order valence-corrected chi connectivity index (χ1v) is 7.04. The van der Waals surface area contributed by atoms with Crippen LogP contribution in [0.1, 0.15) is 10.5 Å². The van der Waals surface area contributed by atoms with Crippen molar-refractivity contribution in [3.05, 3.63) is 46.4 Å². The number of carbonyl (C=O) groups is 1. The Morgan fingerprint density at radius 1 is 1.32 bits per heavy atom. The van der Waals surface area contributed by atoms with Crippen LogP contribution >= 0.6 is 0 Å². The van der Waals surface area contributed by atoms with Gasteiger partial charge >= 0.3 is 5.97 Å². The molecule has 0 spiro atoms. The number of carboxylic acid groups (broad SMARTS) is 1. The van der Waals surface area contributed by atoms with Crippen LogP contribution in [0.4, 0.5) is 0 Å². The van der Waals surface area contributed by atoms with Crippen molar-refractivity contribution < 1.29 is 18.3 Å². The number of nitrogens with zero attached hydrogens (tertiary/aromatic N) is 1. The van der Waals surface area contributed by atoms with E-state index in [0.717, 1.165) is 17.0 Å². The number of para-hydroxylation sites is 1. The van der Waals surface area contributed by atoms with Crippen LogP contribution in [-0.4, -0.2) is 35.5 Å². The van der Waals surface area contributed by atoms with E-state index >= 15 is 0 Å². The minimum absolute atomic E-state index is 0.0594. The maximum atomic E-state index is 11.7. The zero-order valence-corrected chi connectivity index (χ0v) is 10.6. The molecule has 2 aromatic rings. The van der Waals surface area contributed by atoms with Crippen molar-refractivity contribution >= 4 is 15.8 Å². The Morgan fingerprint density at radius 3 is 2.47 bits per heavy atom. The zero-order chi connectivity index (χ0) is 14.2. The number of aromatic amines is 1. The van der Waals surface area contributed by atoms with Crippen molar-refractivity contribution in [3.63, 3.8) is 0 Å². The first-order chi connectivity index (χ1) is 8.80. The second-order valence-electron chi connectivity index (χ2n) is 3.89. The van der Waals surface area contributed by atoms with Crippen molar-refractivity contribution in [1.29, 1.82) is 0 Å². The topological polar surface area (TPSA) is 109 Å². The minimum atomic E-state index is -3.54. The molecule has 0 fully saturated rings. The average Bonchev–Trinajstić information content (AvgIpc) is 2.70. The molecule has 2 N–H and O–H groups in total. The third kappa shape index (κ3) is 2.43. The highest BCUT2D eigenvalue weighted by atomic mass is 32.2. The van der Waals surface area contributed by atoms with E-state index in [0.29, 0.717) is 0 Å². The first-order valence-electron chi connectivity index (χ1n) is 5.15. The average molecular weight is 282 g/mol. The molecule has 1 heterocycles. The molecule has 19 heavy (non-hydrogen) atoms. The van der Waals surface area contributed by atoms with E-state index in [1.165, 1.54) is 18.2 Å². The summed E-state index contributed by atoms with van der Waals surface area (Å²) in [5, 5.41) is 11.1. The molecule has 1 aromatic heterocycles. The Kier molecular flexibility index (Phi) is 3.03. The van der Waals surface area contributed by atoms with Crippen molar-refractivity contribution in [1.82, 2.24) is 9.78 Å². The summed E-state index contributed by atoms with van der Waals surface area (Å²) >= 11 is 0. The lowest BCUT2D eigenvalue weighted by Crippen LogP contribution is -2.16. The van der Waals surface area contributed by atoms with Crippen LogP contribution in [0.25, 0.3) is 5.69 Å². The van der Waals surface area contributed by atoms with Gasteiger partial charge in [-0.25, -0.2) is 17.9 Å². The number of benzene rings is 1. The third-order valence-electron chi connectivity index (χ3n) is 2.46. The SMILES string of the molecule is CS(=O)(=O)c1ccccc1-n1[nH]c(C(=O)O)cc1=O. The highest BCUT2D eigenvalue weighted by molar-refractivity contribution is 7.90. The smallest absolute Gasteiger partial charge is 0.353 e. The van der Waals surface area contributed by atoms with Crippen molar-refractivity contribution in [2.45, 2.75) is 4.90 Å². The van der Waals surface area contributed by atoms with Gasteiger partial charge in [0.25, 0.3) is 5.56 Å². The number of nitrogens with one attached hydrogen (secondary N) is 1. The lowest BCUT2D eigenvalue weighted by Gasteiger charge is -2.07. The van der Waals surface area contributed by atoms with E-state index in [9.17, 15) is 18.0 Å². The normalized spacial score (nSPS) is 11.4. The zero-order valence-electron chi connectivity index (χ0n) is 9.82. The molecule has 0 aliphatic heterocycles. The van der Waals surface area contributed by atoms with Gasteiger partial charge in [-0.05, 0) is 12.1 Å². The summed E-state index contributed by atoms with van der Waals surface area (Å²) in [6.07, 6.45) is 1.01. The maximum absolute atomic E-state index is 11.7. The number of sulfone groups is 1. The summed E-state index contributed by atoms with van der Waals surface area (Å²) in [6.45, 7) is 0. The molecular formula is C11H10N2O5S. The fourth-order valence-corrected chi connectivity index (χ4v) is 2.50. The van der Waals surface area contributed by atoms with Gasteiger partial charge in [-0.15, -0.1) is 0 Å². The van der Waals surface area contributed by atoms with E-state index in [4.69, 9.17) is 5.11 Å². The molecule has 0 unspecified atom stereocenters. The Morgan fingerprint density at radius 2 is 1.95 bits per heavy atom. The quantitative estimate of drug-likeness (QED) is 0.839. The fraction of sp³-hybridized carbons (Fsp3) is 0.0909. The predicted octanol–water partition coefficient (Wildman–Crippen LogP) is 0.267. The largest absolute Gasteiger partial charge is 0.477 e. The number of hydrogen-bond donors (Lipinski definition) is 2. The van der Waals surface area contributed by atoms with Crippen LogP contribution in [0.5, 0.6) is 0 Å². The molecule has 0 saturated carbocycles. The highest BCUT2D eigenvalue weighted by Gasteiger charge is 2.17. The fourth-order valence-electron chi connectivity index (χ4n) is 1.64. The molecule has 0 saturated heterocycles. The molecule has 2 rings (SSSR count). The van der Waals surface area contributed by atoms with Gasteiger partial charge in [0.05, 0.1) is 10.6 Å². The van der Waals surface area contributed by atoms with Gasteiger partial charge in [0.15, 0.2) is 9.84 Å². The van der Waals surface area contributed by atoms with Crippen LogP contribution in [0.3, 0.4) is 0 Å². The van der Waals surface area contributed by atoms with Crippen LogP contribution in [0.2, 0.25) is 0 Å². The Bertz CT molecular complexity index is 800. The minimum Gasteiger partial charge on any atom is -0.477 e. The van der Waals surface area contributed by atoms with Gasteiger partial charge in [0.1, 0.15) is 5.69 Å². The van der Waals surface area contributed by atoms with Crippen molar-refractivity contribution in [2.24, 2.45) is 0 Å². The van der Waals surface area contributed by atoms with E-state index in [1.807, 2.05) is 0 Å². The molecular weight excluding hydrogens is 272 g/mol. The Labute approximate surface area is 108 Å². The molecule has 0 aliphatic rings. The van der Waals surface area contributed by atoms with Gasteiger partial charge < -0.3 is 5.11 Å². The van der Waals surface area contributed by atoms with Crippen LogP contribution in [-0.2, 0) is 9.84 Å². The standard InChI is InChI=1S/C11H10N2O5S/c1-19(17,18)9-5-3-2-4-8(9)13-10(14)6-7(12-13)11(15)16/h2-6,12H,1H3,(H,15,16). The first kappa shape index (κ1) is 13.1. The van der Waals surface area contributed by atoms with E-state index in [1.54, 1.807) is 6.07 Å². The number of rotatable bonds is 3. The van der Waals surface area contributed by atoms with E-state index < -0.39 is 21.4 Å². The number of hydrogen-bond acceptors (Lipinski definition) is 4. The molecule has 7 nitrogen and oxygen atoms in total. The van der Waals surface area contributed by atoms with Gasteiger partial charge in [0, 0.05) is 12.3 Å². The van der Waals surface area contributed by atoms with Gasteiger partial charge in [-0.1, -0.05) is 12.1 Å². The van der Waals surface area contributed by atoms with E-state index in [-0.39, 0.29) is 16.3 Å². The van der Waals surface area contributed by atoms with Gasteiger partial charge in [0.2, 0.25) is 0 Å². The third-order valence-corrected chi connectivity index (χ3v) is 3.60. The van der Waals surface area contributed by atoms with Crippen LogP contribution in [0.15, 0.2) is 40.0 Å². The summed E-state index contributed by atoms with van der Waals surface area (Å²) in [5.74, 6) is -1.30. The predicted molar refractivity (Wildman–Crippen MR) is 66.5 cm³/mol. The molecule has 0 amide bonds. The Hall–Kier alpha value is -2.35. The number of carboxylic acids is 1. The Balaban J connectivity index is 2.74. The number of aromatic carboxylic acids is 1. The molecule has 0 bridgehead atoms. The van der Waals surface area contributed by atoms with Crippen molar-refractivity contribution in [3.8, 4) is 5.69 Å². The molecule has 100 valence electrons. The van der Waals surface area contributed by atoms with E-state index in [2.05, 4.69) is 5.10 Å². The summed E-state index contributed by atoms with van der Waals surface area (Å²) in [5.41, 5.74) is -0.871. The van der Waals surface area contributed by atoms with Gasteiger partial charge in [-0.3, -0.25) is 9.89 Å². The molecule has 0 radical (unpaired) electrons. The summed E-state index contributed by atoms with van der Waals surface area (Å²) < 4.78 is 24.2. The molecule has 1 aromatic carbocycles. The summed E-state index contributed by atoms with van der Waals surface area (Å²) in [7, 11) is -3.54. The molecule has 0 atom stereocenters. The summed E-state index contributed by atoms with van der Waals surface area (Å²) in [4.78, 5) is 22.4. The maximum Gasteiger partial charge on any atom is 0.353 e. The second-order valence-corrected chi connectivity index (χ2v) is 5.87. The monoisotopic (exact) mass is 282 g/mol. The lowest BCUT2D eigenvalue weighted by atomic mass is 10.3. The van der Waals surface area contributed by atoms with Gasteiger partial charge in [-0.2, -0.15) is 0 Å². The van der Waals surface area contributed by atoms with Crippen molar-refractivity contribution in [2.75, 3.05) is 6.26 Å². The second kappa shape index (κ2) is 4.39. The molecule has 8 heteroatoms.